The van der Waals surface area contributed by atoms with Gasteiger partial charge in [-0.1, -0.05) is 36.7 Å². The topological polar surface area (TPSA) is 72.3 Å². The summed E-state index contributed by atoms with van der Waals surface area (Å²) in [5, 5.41) is 12.4. The molecule has 1 aliphatic rings. The fourth-order valence-electron chi connectivity index (χ4n) is 4.12. The van der Waals surface area contributed by atoms with E-state index in [0.29, 0.717) is 11.7 Å². The lowest BCUT2D eigenvalue weighted by Crippen LogP contribution is -2.23. The summed E-state index contributed by atoms with van der Waals surface area (Å²) in [4.78, 5) is 15.0. The molecular formula is C25H31N5O2S. The lowest BCUT2D eigenvalue weighted by Gasteiger charge is -2.22. The highest BCUT2D eigenvalue weighted by molar-refractivity contribution is 7.99. The van der Waals surface area contributed by atoms with Crippen LogP contribution in [0.25, 0.3) is 11.4 Å². The van der Waals surface area contributed by atoms with Gasteiger partial charge in [0, 0.05) is 31.0 Å². The average molecular weight is 466 g/mol. The number of benzene rings is 2. The number of hydrogen-bond donors (Lipinski definition) is 1. The molecule has 0 bridgehead atoms. The molecule has 4 rings (SSSR count). The van der Waals surface area contributed by atoms with Gasteiger partial charge in [-0.25, -0.2) is 0 Å². The van der Waals surface area contributed by atoms with Crippen LogP contribution in [0.3, 0.4) is 0 Å². The third-order valence-electron chi connectivity index (χ3n) is 5.84. The minimum Gasteiger partial charge on any atom is -0.496 e. The van der Waals surface area contributed by atoms with Gasteiger partial charge in [-0.3, -0.25) is 4.79 Å². The average Bonchev–Trinajstić information content (AvgIpc) is 3.06. The number of hydrogen-bond acceptors (Lipinski definition) is 6. The molecule has 0 spiro atoms. The second-order valence-corrected chi connectivity index (χ2v) is 8.98. The second-order valence-electron chi connectivity index (χ2n) is 8.04. The summed E-state index contributed by atoms with van der Waals surface area (Å²) >= 11 is 1.38. The van der Waals surface area contributed by atoms with Gasteiger partial charge in [0.2, 0.25) is 5.91 Å². The van der Waals surface area contributed by atoms with Gasteiger partial charge in [0.25, 0.3) is 0 Å². The summed E-state index contributed by atoms with van der Waals surface area (Å²) in [7, 11) is 1.64. The van der Waals surface area contributed by atoms with Gasteiger partial charge < -0.3 is 19.5 Å². The van der Waals surface area contributed by atoms with Crippen molar-refractivity contribution in [1.82, 2.24) is 14.8 Å². The van der Waals surface area contributed by atoms with Crippen molar-refractivity contribution in [1.29, 1.82) is 0 Å². The van der Waals surface area contributed by atoms with Crippen molar-refractivity contribution in [3.05, 3.63) is 48.5 Å². The molecule has 1 aromatic heterocycles. The molecule has 174 valence electrons. The summed E-state index contributed by atoms with van der Waals surface area (Å²) < 4.78 is 7.48. The predicted molar refractivity (Wildman–Crippen MR) is 134 cm³/mol. The Morgan fingerprint density at radius 2 is 1.76 bits per heavy atom. The molecule has 3 aromatic rings. The summed E-state index contributed by atoms with van der Waals surface area (Å²) in [5.74, 6) is 1.68. The number of ether oxygens (including phenoxy) is 1. The molecule has 0 aliphatic carbocycles. The van der Waals surface area contributed by atoms with Crippen LogP contribution in [0, 0.1) is 0 Å². The van der Waals surface area contributed by atoms with Gasteiger partial charge >= 0.3 is 0 Å². The standard InChI is InChI=1S/C25H31N5O2S/c1-3-30-24(21-10-6-7-11-22(21)32-2)27-28-25(30)33-18-23(31)26-19-12-14-20(15-13-19)29-16-8-4-5-9-17-29/h6-7,10-15H,3-5,8-9,16-18H2,1-2H3,(H,26,31). The van der Waals surface area contributed by atoms with E-state index in [-0.39, 0.29) is 11.7 Å². The molecule has 0 atom stereocenters. The maximum absolute atomic E-state index is 12.6. The van der Waals surface area contributed by atoms with E-state index in [9.17, 15) is 4.79 Å². The zero-order valence-electron chi connectivity index (χ0n) is 19.3. The molecule has 0 unspecified atom stereocenters. The van der Waals surface area contributed by atoms with Gasteiger partial charge in [0.15, 0.2) is 11.0 Å². The first-order valence-corrected chi connectivity index (χ1v) is 12.5. The van der Waals surface area contributed by atoms with Crippen molar-refractivity contribution in [2.75, 3.05) is 36.2 Å². The first-order valence-electron chi connectivity index (χ1n) is 11.5. The van der Waals surface area contributed by atoms with Gasteiger partial charge in [0.05, 0.1) is 18.4 Å². The molecule has 1 fully saturated rings. The van der Waals surface area contributed by atoms with E-state index in [1.807, 2.05) is 47.9 Å². The molecule has 8 heteroatoms. The summed E-state index contributed by atoms with van der Waals surface area (Å²) in [6.45, 7) is 4.95. The first-order chi connectivity index (χ1) is 16.2. The van der Waals surface area contributed by atoms with Crippen molar-refractivity contribution in [2.45, 2.75) is 44.3 Å². The van der Waals surface area contributed by atoms with Gasteiger partial charge in [-0.15, -0.1) is 10.2 Å². The van der Waals surface area contributed by atoms with E-state index in [0.717, 1.165) is 35.9 Å². The van der Waals surface area contributed by atoms with Crippen LogP contribution in [-0.2, 0) is 11.3 Å². The Labute approximate surface area is 199 Å². The Morgan fingerprint density at radius 3 is 2.45 bits per heavy atom. The number of carbonyl (C=O) groups is 1. The summed E-state index contributed by atoms with van der Waals surface area (Å²) in [6, 6.07) is 15.9. The van der Waals surface area contributed by atoms with E-state index in [1.165, 1.54) is 43.1 Å². The third kappa shape index (κ3) is 5.68. The molecular weight excluding hydrogens is 434 g/mol. The third-order valence-corrected chi connectivity index (χ3v) is 6.80. The zero-order valence-corrected chi connectivity index (χ0v) is 20.1. The van der Waals surface area contributed by atoms with Gasteiger partial charge in [-0.05, 0) is 56.2 Å². The molecule has 2 heterocycles. The lowest BCUT2D eigenvalue weighted by molar-refractivity contribution is -0.113. The maximum atomic E-state index is 12.6. The molecule has 0 saturated carbocycles. The van der Waals surface area contributed by atoms with Crippen molar-refractivity contribution in [3.8, 4) is 17.1 Å². The number of nitrogens with zero attached hydrogens (tertiary/aromatic N) is 4. The van der Waals surface area contributed by atoms with Crippen LogP contribution in [0.5, 0.6) is 5.75 Å². The van der Waals surface area contributed by atoms with Crippen molar-refractivity contribution >= 4 is 29.0 Å². The Hall–Kier alpha value is -3.00. The molecule has 1 saturated heterocycles. The van der Waals surface area contributed by atoms with E-state index >= 15 is 0 Å². The largest absolute Gasteiger partial charge is 0.496 e. The number of methoxy groups -OCH3 is 1. The number of aromatic nitrogens is 3. The maximum Gasteiger partial charge on any atom is 0.234 e. The highest BCUT2D eigenvalue weighted by atomic mass is 32.2. The number of thioether (sulfide) groups is 1. The number of rotatable bonds is 8. The SMILES string of the molecule is CCn1c(SCC(=O)Nc2ccc(N3CCCCCC3)cc2)nnc1-c1ccccc1OC. The van der Waals surface area contributed by atoms with E-state index in [2.05, 4.69) is 32.5 Å². The molecule has 0 radical (unpaired) electrons. The second kappa shape index (κ2) is 11.2. The Balaban J connectivity index is 1.37. The van der Waals surface area contributed by atoms with Crippen molar-refractivity contribution < 1.29 is 9.53 Å². The quantitative estimate of drug-likeness (QED) is 0.468. The Morgan fingerprint density at radius 1 is 1.03 bits per heavy atom. The zero-order chi connectivity index (χ0) is 23.0. The van der Waals surface area contributed by atoms with Crippen LogP contribution < -0.4 is 15.0 Å². The fraction of sp³-hybridized carbons (Fsp3) is 0.400. The van der Waals surface area contributed by atoms with Crippen molar-refractivity contribution in [3.63, 3.8) is 0 Å². The van der Waals surface area contributed by atoms with Crippen LogP contribution in [0.1, 0.15) is 32.6 Å². The Kier molecular flexibility index (Phi) is 7.88. The molecule has 1 N–H and O–H groups in total. The van der Waals surface area contributed by atoms with E-state index in [4.69, 9.17) is 4.74 Å². The lowest BCUT2D eigenvalue weighted by atomic mass is 10.2. The number of nitrogens with one attached hydrogen (secondary N) is 1. The summed E-state index contributed by atoms with van der Waals surface area (Å²) in [6.07, 6.45) is 5.12. The van der Waals surface area contributed by atoms with Gasteiger partial charge in [-0.2, -0.15) is 0 Å². The number of carbonyl (C=O) groups excluding carboxylic acids is 1. The minimum absolute atomic E-state index is 0.0629. The fourth-order valence-corrected chi connectivity index (χ4v) is 4.92. The van der Waals surface area contributed by atoms with Crippen LogP contribution in [-0.4, -0.2) is 46.6 Å². The summed E-state index contributed by atoms with van der Waals surface area (Å²) in [5.41, 5.74) is 2.92. The van der Waals surface area contributed by atoms with E-state index < -0.39 is 0 Å². The molecule has 7 nitrogen and oxygen atoms in total. The molecule has 33 heavy (non-hydrogen) atoms. The van der Waals surface area contributed by atoms with Gasteiger partial charge in [0.1, 0.15) is 5.75 Å². The monoisotopic (exact) mass is 465 g/mol. The van der Waals surface area contributed by atoms with Crippen molar-refractivity contribution in [2.24, 2.45) is 0 Å². The predicted octanol–water partition coefficient (Wildman–Crippen LogP) is 5.08. The van der Waals surface area contributed by atoms with Crippen LogP contribution in [0.2, 0.25) is 0 Å². The molecule has 1 amide bonds. The van der Waals surface area contributed by atoms with Crippen LogP contribution in [0.4, 0.5) is 11.4 Å². The van der Waals surface area contributed by atoms with Crippen LogP contribution >= 0.6 is 11.8 Å². The molecule has 2 aromatic carbocycles. The Bertz CT molecular complexity index is 1060. The first kappa shape index (κ1) is 23.2. The molecule has 1 aliphatic heterocycles. The number of para-hydroxylation sites is 1. The van der Waals surface area contributed by atoms with Crippen LogP contribution in [0.15, 0.2) is 53.7 Å². The smallest absolute Gasteiger partial charge is 0.234 e. The minimum atomic E-state index is -0.0629. The number of anilines is 2. The normalized spacial score (nSPS) is 14.1. The highest BCUT2D eigenvalue weighted by Gasteiger charge is 2.17. The highest BCUT2D eigenvalue weighted by Crippen LogP contribution is 2.31. The number of amides is 1. The van der Waals surface area contributed by atoms with E-state index in [1.54, 1.807) is 7.11 Å².